The Morgan fingerprint density at radius 1 is 1.21 bits per heavy atom. The van der Waals surface area contributed by atoms with Crippen molar-refractivity contribution in [1.82, 2.24) is 20.6 Å². The molecule has 2 atom stereocenters. The van der Waals surface area contributed by atoms with Gasteiger partial charge in [0.2, 0.25) is 18.3 Å². The molecule has 43 heavy (non-hydrogen) atoms. The third-order valence-corrected chi connectivity index (χ3v) is 7.69. The fourth-order valence-electron chi connectivity index (χ4n) is 5.21. The van der Waals surface area contributed by atoms with Crippen LogP contribution in [0.1, 0.15) is 75.2 Å². The van der Waals surface area contributed by atoms with Crippen molar-refractivity contribution < 1.29 is 45.5 Å². The molecule has 2 aliphatic carbocycles. The van der Waals surface area contributed by atoms with Crippen LogP contribution in [0.4, 0.5) is 30.7 Å². The molecule has 2 aliphatic rings. The second-order valence-corrected chi connectivity index (χ2v) is 11.2. The van der Waals surface area contributed by atoms with Crippen molar-refractivity contribution in [3.05, 3.63) is 29.3 Å². The molecular weight excluding hydrogens is 589 g/mol. The summed E-state index contributed by atoms with van der Waals surface area (Å²) >= 11 is 0. The highest BCUT2D eigenvalue weighted by Crippen LogP contribution is 2.42. The van der Waals surface area contributed by atoms with Gasteiger partial charge < -0.3 is 26.2 Å². The molecule has 16 heteroatoms. The normalized spacial score (nSPS) is 19.3. The van der Waals surface area contributed by atoms with E-state index in [-0.39, 0.29) is 35.8 Å². The van der Waals surface area contributed by atoms with Crippen molar-refractivity contribution in [2.24, 2.45) is 17.0 Å². The molecule has 9 nitrogen and oxygen atoms in total. The Hall–Kier alpha value is -3.72. The molecule has 2 saturated carbocycles. The van der Waals surface area contributed by atoms with Crippen LogP contribution in [0.2, 0.25) is 0 Å². The summed E-state index contributed by atoms with van der Waals surface area (Å²) in [5.74, 6) is -12.5. The average Bonchev–Trinajstić information content (AvgIpc) is 3.68. The molecule has 236 valence electrons. The van der Waals surface area contributed by atoms with E-state index in [1.807, 2.05) is 5.32 Å². The minimum atomic E-state index is -3.34. The third-order valence-electron chi connectivity index (χ3n) is 7.69. The number of fused-ring (bicyclic) bond motifs is 1. The zero-order valence-electron chi connectivity index (χ0n) is 23.0. The first-order valence-corrected chi connectivity index (χ1v) is 13.7. The number of imidazole rings is 1. The summed E-state index contributed by atoms with van der Waals surface area (Å²) in [5, 5.41) is 24.9. The Labute approximate surface area is 241 Å². The van der Waals surface area contributed by atoms with Crippen molar-refractivity contribution >= 4 is 34.3 Å². The number of H-pyrrole nitrogens is 1. The van der Waals surface area contributed by atoms with E-state index in [1.54, 1.807) is 0 Å². The van der Waals surface area contributed by atoms with Gasteiger partial charge in [-0.3, -0.25) is 9.59 Å². The van der Waals surface area contributed by atoms with Gasteiger partial charge in [0.25, 0.3) is 11.8 Å². The van der Waals surface area contributed by atoms with E-state index in [9.17, 15) is 41.1 Å². The summed E-state index contributed by atoms with van der Waals surface area (Å²) in [6.45, 7) is -0.638. The smallest absolute Gasteiger partial charge is 0.275 e. The fourth-order valence-corrected chi connectivity index (χ4v) is 5.21. The maximum atomic E-state index is 15.7. The zero-order valence-corrected chi connectivity index (χ0v) is 23.0. The molecule has 0 spiro atoms. The lowest BCUT2D eigenvalue weighted by Gasteiger charge is -2.33. The second kappa shape index (κ2) is 12.5. The van der Waals surface area contributed by atoms with Gasteiger partial charge >= 0.3 is 0 Å². The first-order chi connectivity index (χ1) is 20.1. The first-order valence-electron chi connectivity index (χ1n) is 13.7. The monoisotopic (exact) mass is 620 g/mol. The van der Waals surface area contributed by atoms with Crippen LogP contribution in [0.3, 0.4) is 0 Å². The quantitative estimate of drug-likeness (QED) is 0.0930. The van der Waals surface area contributed by atoms with Crippen LogP contribution in [0.5, 0.6) is 0 Å². The number of aromatic nitrogens is 2. The highest BCUT2D eigenvalue weighted by atomic mass is 19.3. The summed E-state index contributed by atoms with van der Waals surface area (Å²) < 4.78 is 96.8. The molecule has 1 unspecified atom stereocenters. The van der Waals surface area contributed by atoms with E-state index in [2.05, 4.69) is 20.4 Å². The molecule has 2 fully saturated rings. The predicted octanol–water partition coefficient (Wildman–Crippen LogP) is 5.45. The van der Waals surface area contributed by atoms with Crippen LogP contribution in [0.15, 0.2) is 17.3 Å². The molecule has 0 saturated heterocycles. The van der Waals surface area contributed by atoms with E-state index in [4.69, 9.17) is 5.41 Å². The SMILES string of the molecule is CC(F)(F)CNC(=O)C(CC(F)F)c1ccc2[nH]c([C@@H](NC(=O)/C(=N/O)C(=N)C3CC3)C3CCC(F)(F)CC3)nc2c1F. The summed E-state index contributed by atoms with van der Waals surface area (Å²) in [5.41, 5.74) is -1.67. The van der Waals surface area contributed by atoms with Crippen molar-refractivity contribution in [2.75, 3.05) is 6.54 Å². The molecule has 2 amide bonds. The minimum absolute atomic E-state index is 0.0229. The van der Waals surface area contributed by atoms with Crippen LogP contribution in [-0.2, 0) is 9.59 Å². The van der Waals surface area contributed by atoms with Crippen LogP contribution in [0.25, 0.3) is 11.0 Å². The lowest BCUT2D eigenvalue weighted by molar-refractivity contribution is -0.125. The largest absolute Gasteiger partial charge is 0.410 e. The number of oxime groups is 1. The van der Waals surface area contributed by atoms with Crippen molar-refractivity contribution in [1.29, 1.82) is 5.41 Å². The zero-order chi connectivity index (χ0) is 31.7. The number of aromatic amines is 1. The van der Waals surface area contributed by atoms with E-state index < -0.39 is 96.4 Å². The van der Waals surface area contributed by atoms with E-state index in [1.165, 1.54) is 6.07 Å². The maximum Gasteiger partial charge on any atom is 0.275 e. The number of carbonyl (C=O) groups excluding carboxylic acids is 2. The standard InChI is InChI=1S/C27H31F7N6O3/c1-26(31,32)11-36-24(41)15(10-17(28)29)14-4-5-16-21(18(14)30)38-23(37-16)20(13-6-8-27(33,34)9-7-13)39-25(42)22(40-43)19(35)12-2-3-12/h4-5,12-13,15,17,20,35,43H,2-3,6-11H2,1H3,(H,36,41)(H,37,38)(H,39,42)/b35-19?,40-22+/t15?,20-/m0/s1. The van der Waals surface area contributed by atoms with Crippen LogP contribution in [0, 0.1) is 23.1 Å². The number of alkyl halides is 6. The minimum Gasteiger partial charge on any atom is -0.410 e. The van der Waals surface area contributed by atoms with Crippen molar-refractivity contribution in [2.45, 2.75) is 82.1 Å². The van der Waals surface area contributed by atoms with E-state index >= 15 is 4.39 Å². The summed E-state index contributed by atoms with van der Waals surface area (Å²) in [6, 6.07) is 1.15. The predicted molar refractivity (Wildman–Crippen MR) is 141 cm³/mol. The Morgan fingerprint density at radius 2 is 1.86 bits per heavy atom. The summed E-state index contributed by atoms with van der Waals surface area (Å²) in [7, 11) is 0. The topological polar surface area (TPSA) is 143 Å². The average molecular weight is 621 g/mol. The number of nitrogens with one attached hydrogen (secondary N) is 4. The molecule has 0 radical (unpaired) electrons. The number of rotatable bonds is 12. The van der Waals surface area contributed by atoms with Gasteiger partial charge in [-0.05, 0) is 37.7 Å². The molecule has 1 aromatic heterocycles. The number of hydrogen-bond donors (Lipinski definition) is 5. The molecule has 0 bridgehead atoms. The van der Waals surface area contributed by atoms with Gasteiger partial charge in [0.05, 0.1) is 29.7 Å². The molecule has 2 aromatic rings. The highest BCUT2D eigenvalue weighted by molar-refractivity contribution is 6.66. The molecule has 4 rings (SSSR count). The van der Waals surface area contributed by atoms with Gasteiger partial charge in [0.1, 0.15) is 11.3 Å². The van der Waals surface area contributed by atoms with Gasteiger partial charge in [-0.2, -0.15) is 0 Å². The highest BCUT2D eigenvalue weighted by Gasteiger charge is 2.41. The Morgan fingerprint density at radius 3 is 2.42 bits per heavy atom. The number of amides is 2. The molecular formula is C27H31F7N6O3. The van der Waals surface area contributed by atoms with Crippen molar-refractivity contribution in [3.63, 3.8) is 0 Å². The van der Waals surface area contributed by atoms with Gasteiger partial charge in [0, 0.05) is 37.7 Å². The summed E-state index contributed by atoms with van der Waals surface area (Å²) in [6.07, 6.45) is -4.10. The molecule has 5 N–H and O–H groups in total. The summed E-state index contributed by atoms with van der Waals surface area (Å²) in [4.78, 5) is 32.6. The Kier molecular flexibility index (Phi) is 9.35. The number of hydrogen-bond acceptors (Lipinski definition) is 6. The van der Waals surface area contributed by atoms with Crippen LogP contribution >= 0.6 is 0 Å². The van der Waals surface area contributed by atoms with Crippen molar-refractivity contribution in [3.8, 4) is 0 Å². The number of benzene rings is 1. The van der Waals surface area contributed by atoms with Gasteiger partial charge in [-0.25, -0.2) is 35.7 Å². The molecule has 1 aromatic carbocycles. The van der Waals surface area contributed by atoms with Crippen LogP contribution in [-0.4, -0.2) is 63.2 Å². The van der Waals surface area contributed by atoms with E-state index in [0.717, 1.165) is 6.07 Å². The number of nitrogens with zero attached hydrogens (tertiary/aromatic N) is 2. The molecule has 1 heterocycles. The van der Waals surface area contributed by atoms with E-state index in [0.29, 0.717) is 19.8 Å². The lowest BCUT2D eigenvalue weighted by Crippen LogP contribution is -2.43. The van der Waals surface area contributed by atoms with Gasteiger partial charge in [-0.1, -0.05) is 11.2 Å². The molecule has 0 aliphatic heterocycles. The van der Waals surface area contributed by atoms with Crippen LogP contribution < -0.4 is 10.6 Å². The van der Waals surface area contributed by atoms with Gasteiger partial charge in [0.15, 0.2) is 11.5 Å². The third kappa shape index (κ3) is 7.82. The fraction of sp³-hybridized carbons (Fsp3) is 0.593. The maximum absolute atomic E-state index is 15.7. The number of carbonyl (C=O) groups is 2. The number of halogens is 7. The van der Waals surface area contributed by atoms with Gasteiger partial charge in [-0.15, -0.1) is 0 Å². The lowest BCUT2D eigenvalue weighted by atomic mass is 9.81. The second-order valence-electron chi connectivity index (χ2n) is 11.2. The first kappa shape index (κ1) is 32.2. The Balaban J connectivity index is 1.68. The Bertz CT molecular complexity index is 1390.